The Morgan fingerprint density at radius 2 is 1.93 bits per heavy atom. The summed E-state index contributed by atoms with van der Waals surface area (Å²) in [4.78, 5) is 45.4. The van der Waals surface area contributed by atoms with Gasteiger partial charge in [0.15, 0.2) is 0 Å². The molecule has 1 amide bonds. The highest BCUT2D eigenvalue weighted by Gasteiger charge is 2.40. The summed E-state index contributed by atoms with van der Waals surface area (Å²) in [6.45, 7) is 9.47. The molecule has 6 rings (SSSR count). The number of ketones is 2. The molecule has 0 bridgehead atoms. The first-order valence-corrected chi connectivity index (χ1v) is 15.2. The number of carbonyl (C=O) groups excluding carboxylic acids is 3. The van der Waals surface area contributed by atoms with Crippen molar-refractivity contribution < 1.29 is 18.8 Å². The number of carbonyl (C=O) groups is 3. The van der Waals surface area contributed by atoms with Gasteiger partial charge >= 0.3 is 0 Å². The topological polar surface area (TPSA) is 92.5 Å². The van der Waals surface area contributed by atoms with Gasteiger partial charge in [-0.05, 0) is 98.7 Å². The van der Waals surface area contributed by atoms with Gasteiger partial charge in [-0.25, -0.2) is 0 Å². The number of aromatic nitrogens is 1. The molecule has 0 radical (unpaired) electrons. The lowest BCUT2D eigenvalue weighted by Crippen LogP contribution is -2.34. The maximum Gasteiger partial charge on any atom is 0.244 e. The normalized spacial score (nSPS) is 18.5. The summed E-state index contributed by atoms with van der Waals surface area (Å²) in [7, 11) is 0. The van der Waals surface area contributed by atoms with E-state index in [1.807, 2.05) is 25.1 Å². The van der Waals surface area contributed by atoms with Gasteiger partial charge in [0.05, 0.1) is 12.1 Å². The lowest BCUT2D eigenvalue weighted by atomic mass is 9.69. The highest BCUT2D eigenvalue weighted by atomic mass is 16.3. The summed E-state index contributed by atoms with van der Waals surface area (Å²) in [6, 6.07) is 7.89. The van der Waals surface area contributed by atoms with E-state index in [0.717, 1.165) is 79.6 Å². The van der Waals surface area contributed by atoms with Crippen molar-refractivity contribution in [2.24, 2.45) is 5.92 Å². The maximum atomic E-state index is 13.4. The highest BCUT2D eigenvalue weighted by Crippen LogP contribution is 2.45. The second-order valence-corrected chi connectivity index (χ2v) is 12.7. The number of nitrogens with zero attached hydrogens (tertiary/aromatic N) is 2. The molecule has 0 unspecified atom stereocenters. The molecule has 1 N–H and O–H groups in total. The van der Waals surface area contributed by atoms with E-state index in [1.165, 1.54) is 5.56 Å². The summed E-state index contributed by atoms with van der Waals surface area (Å²) in [5.41, 5.74) is 5.68. The Morgan fingerprint density at radius 1 is 1.14 bits per heavy atom. The summed E-state index contributed by atoms with van der Waals surface area (Å²) in [5.74, 6) is 0.985. The van der Waals surface area contributed by atoms with Gasteiger partial charge in [-0.1, -0.05) is 32.0 Å². The zero-order chi connectivity index (χ0) is 29.4. The molecule has 0 atom stereocenters. The van der Waals surface area contributed by atoms with Crippen molar-refractivity contribution in [3.63, 3.8) is 0 Å². The average Bonchev–Trinajstić information content (AvgIpc) is 3.31. The van der Waals surface area contributed by atoms with Crippen LogP contribution in [0.3, 0.4) is 0 Å². The Hall–Kier alpha value is -3.84. The van der Waals surface area contributed by atoms with Crippen LogP contribution in [0.4, 0.5) is 0 Å². The van der Waals surface area contributed by atoms with E-state index in [4.69, 9.17) is 4.42 Å². The molecule has 2 aromatic heterocycles. The Bertz CT molecular complexity index is 1560. The molecule has 1 aromatic carbocycles. The molecule has 7 nitrogen and oxygen atoms in total. The average molecular weight is 566 g/mol. The second kappa shape index (κ2) is 11.4. The maximum absolute atomic E-state index is 13.4. The summed E-state index contributed by atoms with van der Waals surface area (Å²) in [6.07, 6.45) is 12.7. The summed E-state index contributed by atoms with van der Waals surface area (Å²) >= 11 is 0. The van der Waals surface area contributed by atoms with Crippen LogP contribution in [0.2, 0.25) is 0 Å². The Morgan fingerprint density at radius 3 is 2.69 bits per heavy atom. The van der Waals surface area contributed by atoms with Crippen molar-refractivity contribution in [1.29, 1.82) is 0 Å². The van der Waals surface area contributed by atoms with Gasteiger partial charge in [0, 0.05) is 41.7 Å². The molecule has 2 aliphatic carbocycles. The molecule has 218 valence electrons. The predicted octanol–water partition coefficient (Wildman–Crippen LogP) is 6.07. The number of amides is 1. The van der Waals surface area contributed by atoms with Crippen molar-refractivity contribution in [1.82, 2.24) is 15.2 Å². The van der Waals surface area contributed by atoms with Crippen LogP contribution in [0, 0.1) is 12.8 Å². The van der Waals surface area contributed by atoms with Crippen molar-refractivity contribution in [3.8, 4) is 11.3 Å². The van der Waals surface area contributed by atoms with Gasteiger partial charge in [0.25, 0.3) is 0 Å². The molecule has 3 heterocycles. The molecule has 3 aliphatic rings. The van der Waals surface area contributed by atoms with E-state index in [2.05, 4.69) is 35.1 Å². The van der Waals surface area contributed by atoms with Gasteiger partial charge in [-0.3, -0.25) is 24.3 Å². The number of benzene rings is 1. The molecule has 0 spiro atoms. The van der Waals surface area contributed by atoms with Crippen molar-refractivity contribution in [2.45, 2.75) is 71.3 Å². The van der Waals surface area contributed by atoms with Gasteiger partial charge in [-0.15, -0.1) is 0 Å². The smallest absolute Gasteiger partial charge is 0.244 e. The summed E-state index contributed by atoms with van der Waals surface area (Å²) < 4.78 is 6.43. The van der Waals surface area contributed by atoms with Crippen LogP contribution in [0.25, 0.3) is 17.4 Å². The van der Waals surface area contributed by atoms with Crippen LogP contribution in [-0.4, -0.2) is 47.0 Å². The minimum Gasteiger partial charge on any atom is -0.459 e. The highest BCUT2D eigenvalue weighted by molar-refractivity contribution is 6.53. The molecule has 42 heavy (non-hydrogen) atoms. The number of fused-ring (bicyclic) bond motifs is 5. The third-order valence-corrected chi connectivity index (χ3v) is 9.46. The van der Waals surface area contributed by atoms with Gasteiger partial charge < -0.3 is 9.73 Å². The van der Waals surface area contributed by atoms with E-state index in [9.17, 15) is 14.4 Å². The first-order valence-electron chi connectivity index (χ1n) is 15.2. The third-order valence-electron chi connectivity index (χ3n) is 9.46. The number of likely N-dealkylation sites (tertiary alicyclic amines) is 1. The zero-order valence-electron chi connectivity index (χ0n) is 24.8. The van der Waals surface area contributed by atoms with E-state index in [-0.39, 0.29) is 17.1 Å². The summed E-state index contributed by atoms with van der Waals surface area (Å²) in [5, 5.41) is 2.99. The standard InChI is InChI=1S/C35H39N3O4/c1-22-28(21-38-18-13-23(14-19-38)12-17-37-29(39)11-8-24-6-5-16-36-20-24)42-34-26-9-10-27-25(7-4-15-35(27,2)3)31(26)33(41)32(40)30(22)34/h5-6,8-11,16,20,23H,4,7,12-15,17-19,21H2,1-3H3,(H,37,39)/b11-8+. The van der Waals surface area contributed by atoms with E-state index in [0.29, 0.717) is 35.9 Å². The van der Waals surface area contributed by atoms with Crippen molar-refractivity contribution in [3.05, 3.63) is 81.9 Å². The first-order chi connectivity index (χ1) is 20.2. The number of hydrogen-bond acceptors (Lipinski definition) is 6. The van der Waals surface area contributed by atoms with Crippen LogP contribution >= 0.6 is 0 Å². The Kier molecular flexibility index (Phi) is 7.71. The fraction of sp³-hybridized carbons (Fsp3) is 0.429. The molecular weight excluding hydrogens is 526 g/mol. The lowest BCUT2D eigenvalue weighted by Gasteiger charge is -2.34. The Balaban J connectivity index is 1.08. The first kappa shape index (κ1) is 28.3. The van der Waals surface area contributed by atoms with E-state index >= 15 is 0 Å². The fourth-order valence-corrected chi connectivity index (χ4v) is 6.97. The van der Waals surface area contributed by atoms with Gasteiger partial charge in [-0.2, -0.15) is 0 Å². The van der Waals surface area contributed by atoms with Crippen LogP contribution in [0.1, 0.15) is 94.7 Å². The van der Waals surface area contributed by atoms with Crippen LogP contribution in [0.15, 0.2) is 47.2 Å². The molecule has 7 heteroatoms. The van der Waals surface area contributed by atoms with E-state index < -0.39 is 5.78 Å². The number of Topliss-reactive ketones (excluding diaryl/α,β-unsaturated/α-hetero) is 2. The quantitative estimate of drug-likeness (QED) is 0.276. The molecule has 1 aliphatic heterocycles. The number of piperidine rings is 1. The molecule has 3 aromatic rings. The minimum atomic E-state index is -0.433. The molecule has 1 fully saturated rings. The molecular formula is C35H39N3O4. The minimum absolute atomic E-state index is 0.00843. The number of rotatable bonds is 7. The predicted molar refractivity (Wildman–Crippen MR) is 162 cm³/mol. The van der Waals surface area contributed by atoms with Crippen LogP contribution in [0.5, 0.6) is 0 Å². The van der Waals surface area contributed by atoms with E-state index in [1.54, 1.807) is 24.5 Å². The second-order valence-electron chi connectivity index (χ2n) is 12.7. The Labute approximate surface area is 247 Å². The SMILES string of the molecule is Cc1c(CN2CCC(CCNC(=O)/C=C/c3cccnc3)CC2)oc2c1C(=O)C(=O)c1c-2ccc2c1CCCC2(C)C. The number of pyridine rings is 1. The van der Waals surface area contributed by atoms with Crippen LogP contribution in [-0.2, 0) is 23.2 Å². The molecule has 1 saturated heterocycles. The monoisotopic (exact) mass is 565 g/mol. The number of furan rings is 1. The van der Waals surface area contributed by atoms with Crippen LogP contribution < -0.4 is 5.32 Å². The number of hydrogen-bond donors (Lipinski definition) is 1. The number of nitrogens with one attached hydrogen (secondary N) is 1. The third kappa shape index (κ3) is 5.38. The zero-order valence-corrected chi connectivity index (χ0v) is 24.8. The largest absolute Gasteiger partial charge is 0.459 e. The van der Waals surface area contributed by atoms with Gasteiger partial charge in [0.1, 0.15) is 11.5 Å². The van der Waals surface area contributed by atoms with Crippen molar-refractivity contribution in [2.75, 3.05) is 19.6 Å². The van der Waals surface area contributed by atoms with Crippen molar-refractivity contribution >= 4 is 23.5 Å². The fourth-order valence-electron chi connectivity index (χ4n) is 6.97. The lowest BCUT2D eigenvalue weighted by molar-refractivity contribution is -0.116. The van der Waals surface area contributed by atoms with Gasteiger partial charge in [0.2, 0.25) is 17.5 Å². The molecule has 0 saturated carbocycles.